The average Bonchev–Trinajstić information content (AvgIpc) is 2.42. The van der Waals surface area contributed by atoms with Crippen LogP contribution in [0.4, 0.5) is 5.69 Å². The summed E-state index contributed by atoms with van der Waals surface area (Å²) in [7, 11) is 0. The Bertz CT molecular complexity index is 608. The molecule has 1 N–H and O–H groups in total. The maximum absolute atomic E-state index is 11.8. The van der Waals surface area contributed by atoms with Crippen LogP contribution in [0.2, 0.25) is 0 Å². The van der Waals surface area contributed by atoms with Crippen LogP contribution in [-0.2, 0) is 4.79 Å². The highest BCUT2D eigenvalue weighted by atomic mass is 127. The van der Waals surface area contributed by atoms with Gasteiger partial charge in [-0.1, -0.05) is 6.07 Å². The van der Waals surface area contributed by atoms with Crippen molar-refractivity contribution >= 4 is 34.2 Å². The van der Waals surface area contributed by atoms with Crippen LogP contribution < -0.4 is 10.1 Å². The highest BCUT2D eigenvalue weighted by Gasteiger charge is 2.04. The van der Waals surface area contributed by atoms with E-state index in [1.165, 1.54) is 5.56 Å². The van der Waals surface area contributed by atoms with Gasteiger partial charge in [-0.15, -0.1) is 0 Å². The van der Waals surface area contributed by atoms with Gasteiger partial charge >= 0.3 is 0 Å². The summed E-state index contributed by atoms with van der Waals surface area (Å²) < 4.78 is 6.57. The maximum atomic E-state index is 11.8. The maximum Gasteiger partial charge on any atom is 0.262 e. The van der Waals surface area contributed by atoms with Crippen LogP contribution in [-0.4, -0.2) is 12.5 Å². The summed E-state index contributed by atoms with van der Waals surface area (Å²) in [6.07, 6.45) is 0. The Kier molecular flexibility index (Phi) is 5.00. The van der Waals surface area contributed by atoms with Gasteiger partial charge in [0.25, 0.3) is 5.91 Å². The standard InChI is InChI=1S/C16H16INO2/c1-11-3-6-14(9-12(11)2)18-16(19)10-20-15-7-4-13(17)5-8-15/h3-9H,10H2,1-2H3,(H,18,19). The van der Waals surface area contributed by atoms with Gasteiger partial charge in [0.2, 0.25) is 0 Å². The number of aryl methyl sites for hydroxylation is 2. The number of carbonyl (C=O) groups excluding carboxylic acids is 1. The molecule has 3 nitrogen and oxygen atoms in total. The van der Waals surface area contributed by atoms with Crippen LogP contribution in [0.25, 0.3) is 0 Å². The van der Waals surface area contributed by atoms with Gasteiger partial charge in [-0.25, -0.2) is 0 Å². The summed E-state index contributed by atoms with van der Waals surface area (Å²) in [5, 5.41) is 2.83. The molecule has 2 aromatic carbocycles. The molecule has 2 aromatic rings. The predicted molar refractivity (Wildman–Crippen MR) is 89.2 cm³/mol. The largest absolute Gasteiger partial charge is 0.484 e. The van der Waals surface area contributed by atoms with Crippen molar-refractivity contribution in [2.24, 2.45) is 0 Å². The number of anilines is 1. The van der Waals surface area contributed by atoms with E-state index in [4.69, 9.17) is 4.74 Å². The van der Waals surface area contributed by atoms with Gasteiger partial charge < -0.3 is 10.1 Å². The van der Waals surface area contributed by atoms with E-state index in [1.54, 1.807) is 0 Å². The zero-order valence-electron chi connectivity index (χ0n) is 11.4. The van der Waals surface area contributed by atoms with Crippen molar-refractivity contribution in [2.45, 2.75) is 13.8 Å². The summed E-state index contributed by atoms with van der Waals surface area (Å²) in [6.45, 7) is 4.07. The fourth-order valence-corrected chi connectivity index (χ4v) is 2.06. The Morgan fingerprint density at radius 3 is 2.45 bits per heavy atom. The average molecular weight is 381 g/mol. The number of hydrogen-bond donors (Lipinski definition) is 1. The number of ether oxygens (including phenoxy) is 1. The molecule has 0 aliphatic rings. The first-order valence-electron chi connectivity index (χ1n) is 6.30. The Labute approximate surface area is 132 Å². The molecule has 0 fully saturated rings. The molecule has 0 aliphatic heterocycles. The lowest BCUT2D eigenvalue weighted by molar-refractivity contribution is -0.118. The molecule has 0 saturated carbocycles. The van der Waals surface area contributed by atoms with Gasteiger partial charge in [0.05, 0.1) is 0 Å². The molecule has 0 saturated heterocycles. The molecule has 0 atom stereocenters. The van der Waals surface area contributed by atoms with Gasteiger partial charge in [0, 0.05) is 9.26 Å². The van der Waals surface area contributed by atoms with E-state index in [-0.39, 0.29) is 12.5 Å². The van der Waals surface area contributed by atoms with Crippen molar-refractivity contribution in [3.8, 4) is 5.75 Å². The smallest absolute Gasteiger partial charge is 0.262 e. The summed E-state index contributed by atoms with van der Waals surface area (Å²) in [6, 6.07) is 13.4. The second kappa shape index (κ2) is 6.74. The van der Waals surface area contributed by atoms with Crippen LogP contribution in [0.1, 0.15) is 11.1 Å². The molecular formula is C16H16INO2. The Balaban J connectivity index is 1.89. The van der Waals surface area contributed by atoms with Crippen molar-refractivity contribution in [3.05, 3.63) is 57.2 Å². The monoisotopic (exact) mass is 381 g/mol. The minimum Gasteiger partial charge on any atom is -0.484 e. The Morgan fingerprint density at radius 1 is 1.10 bits per heavy atom. The van der Waals surface area contributed by atoms with E-state index in [9.17, 15) is 4.79 Å². The number of amides is 1. The molecule has 0 heterocycles. The van der Waals surface area contributed by atoms with Crippen molar-refractivity contribution in [1.82, 2.24) is 0 Å². The van der Waals surface area contributed by atoms with Crippen LogP contribution in [0, 0.1) is 17.4 Å². The second-order valence-electron chi connectivity index (χ2n) is 4.59. The fraction of sp³-hybridized carbons (Fsp3) is 0.188. The van der Waals surface area contributed by atoms with E-state index in [0.717, 1.165) is 14.8 Å². The lowest BCUT2D eigenvalue weighted by Gasteiger charge is -2.09. The fourth-order valence-electron chi connectivity index (χ4n) is 1.70. The molecule has 0 aliphatic carbocycles. The third-order valence-corrected chi connectivity index (χ3v) is 3.69. The van der Waals surface area contributed by atoms with Crippen LogP contribution in [0.15, 0.2) is 42.5 Å². The van der Waals surface area contributed by atoms with E-state index in [2.05, 4.69) is 27.9 Å². The second-order valence-corrected chi connectivity index (χ2v) is 5.84. The quantitative estimate of drug-likeness (QED) is 0.816. The molecular weight excluding hydrogens is 365 g/mol. The number of rotatable bonds is 4. The Hall–Kier alpha value is -1.56. The number of carbonyl (C=O) groups is 1. The van der Waals surface area contributed by atoms with E-state index < -0.39 is 0 Å². The lowest BCUT2D eigenvalue weighted by Crippen LogP contribution is -2.20. The first-order valence-corrected chi connectivity index (χ1v) is 7.38. The zero-order chi connectivity index (χ0) is 14.5. The molecule has 20 heavy (non-hydrogen) atoms. The normalized spacial score (nSPS) is 10.2. The summed E-state index contributed by atoms with van der Waals surface area (Å²) in [5.41, 5.74) is 3.16. The molecule has 0 bridgehead atoms. The number of hydrogen-bond acceptors (Lipinski definition) is 2. The molecule has 4 heteroatoms. The lowest BCUT2D eigenvalue weighted by atomic mass is 10.1. The van der Waals surface area contributed by atoms with E-state index >= 15 is 0 Å². The third-order valence-electron chi connectivity index (χ3n) is 2.97. The van der Waals surface area contributed by atoms with Crippen LogP contribution >= 0.6 is 22.6 Å². The van der Waals surface area contributed by atoms with Gasteiger partial charge in [0.1, 0.15) is 5.75 Å². The highest BCUT2D eigenvalue weighted by molar-refractivity contribution is 14.1. The SMILES string of the molecule is Cc1ccc(NC(=O)COc2ccc(I)cc2)cc1C. The topological polar surface area (TPSA) is 38.3 Å². The van der Waals surface area contributed by atoms with Crippen LogP contribution in [0.3, 0.4) is 0 Å². The molecule has 1 amide bonds. The zero-order valence-corrected chi connectivity index (χ0v) is 13.6. The minimum atomic E-state index is -0.160. The molecule has 2 rings (SSSR count). The van der Waals surface area contributed by atoms with Crippen molar-refractivity contribution in [3.63, 3.8) is 0 Å². The summed E-state index contributed by atoms with van der Waals surface area (Å²) in [5.74, 6) is 0.535. The first kappa shape index (κ1) is 14.8. The van der Waals surface area contributed by atoms with Gasteiger partial charge in [-0.2, -0.15) is 0 Å². The molecule has 0 radical (unpaired) electrons. The van der Waals surface area contributed by atoms with Crippen molar-refractivity contribution in [1.29, 1.82) is 0 Å². The minimum absolute atomic E-state index is 0.00746. The Morgan fingerprint density at radius 2 is 1.80 bits per heavy atom. The third kappa shape index (κ3) is 4.23. The summed E-state index contributed by atoms with van der Waals surface area (Å²) in [4.78, 5) is 11.8. The molecule has 0 spiro atoms. The van der Waals surface area contributed by atoms with Gasteiger partial charge in [-0.05, 0) is 84.0 Å². The number of benzene rings is 2. The van der Waals surface area contributed by atoms with Crippen molar-refractivity contribution in [2.75, 3.05) is 11.9 Å². The number of nitrogens with one attached hydrogen (secondary N) is 1. The number of halogens is 1. The molecule has 0 aromatic heterocycles. The van der Waals surface area contributed by atoms with Gasteiger partial charge in [-0.3, -0.25) is 4.79 Å². The van der Waals surface area contributed by atoms with Crippen molar-refractivity contribution < 1.29 is 9.53 Å². The molecule has 104 valence electrons. The van der Waals surface area contributed by atoms with Gasteiger partial charge in [0.15, 0.2) is 6.61 Å². The summed E-state index contributed by atoms with van der Waals surface area (Å²) >= 11 is 2.22. The molecule has 0 unspecified atom stereocenters. The highest BCUT2D eigenvalue weighted by Crippen LogP contribution is 2.15. The predicted octanol–water partition coefficient (Wildman–Crippen LogP) is 3.93. The first-order chi connectivity index (χ1) is 9.54. The van der Waals surface area contributed by atoms with E-state index in [1.807, 2.05) is 56.3 Å². The van der Waals surface area contributed by atoms with E-state index in [0.29, 0.717) is 5.75 Å². The van der Waals surface area contributed by atoms with Crippen LogP contribution in [0.5, 0.6) is 5.75 Å².